The highest BCUT2D eigenvalue weighted by molar-refractivity contribution is 8.18. The molecular formula is C14H14FNO3S. The van der Waals surface area contributed by atoms with Gasteiger partial charge < -0.3 is 4.74 Å². The lowest BCUT2D eigenvalue weighted by molar-refractivity contribution is -0.122. The topological polar surface area (TPSA) is 46.6 Å². The first-order chi connectivity index (χ1) is 9.61. The van der Waals surface area contributed by atoms with Gasteiger partial charge in [-0.15, -0.1) is 0 Å². The molecule has 1 heterocycles. The number of benzene rings is 1. The number of halogens is 1. The Morgan fingerprint density at radius 2 is 2.00 bits per heavy atom. The minimum atomic E-state index is -0.338. The molecule has 1 aliphatic heterocycles. The van der Waals surface area contributed by atoms with Gasteiger partial charge >= 0.3 is 0 Å². The first-order valence-electron chi connectivity index (χ1n) is 6.11. The summed E-state index contributed by atoms with van der Waals surface area (Å²) in [5.41, 5.74) is 0.689. The first-order valence-corrected chi connectivity index (χ1v) is 6.93. The summed E-state index contributed by atoms with van der Waals surface area (Å²) < 4.78 is 17.7. The van der Waals surface area contributed by atoms with Gasteiger partial charge in [0.2, 0.25) is 0 Å². The van der Waals surface area contributed by atoms with Crippen LogP contribution in [0.2, 0.25) is 0 Å². The van der Waals surface area contributed by atoms with E-state index in [9.17, 15) is 14.0 Å². The van der Waals surface area contributed by atoms with Crippen LogP contribution in [-0.2, 0) is 9.53 Å². The predicted molar refractivity (Wildman–Crippen MR) is 75.6 cm³/mol. The zero-order chi connectivity index (χ0) is 14.5. The van der Waals surface area contributed by atoms with Gasteiger partial charge in [0.15, 0.2) is 0 Å². The maximum atomic E-state index is 12.8. The van der Waals surface area contributed by atoms with Crippen molar-refractivity contribution in [2.75, 3.05) is 20.3 Å². The van der Waals surface area contributed by atoms with Gasteiger partial charge in [-0.05, 0) is 42.0 Å². The standard InChI is InChI=1S/C14H14FNO3S/c1-19-8-2-7-16-13(17)12(20-14(16)18)9-10-3-5-11(15)6-4-10/h3-6,9H,2,7-8H2,1H3/b12-9+. The number of carbonyl (C=O) groups excluding carboxylic acids is 2. The molecule has 6 heteroatoms. The summed E-state index contributed by atoms with van der Waals surface area (Å²) in [5.74, 6) is -0.643. The number of imide groups is 1. The van der Waals surface area contributed by atoms with Crippen molar-refractivity contribution in [2.45, 2.75) is 6.42 Å². The minimum absolute atomic E-state index is 0.278. The van der Waals surface area contributed by atoms with E-state index >= 15 is 0 Å². The van der Waals surface area contributed by atoms with E-state index < -0.39 is 0 Å². The molecule has 20 heavy (non-hydrogen) atoms. The van der Waals surface area contributed by atoms with Crippen LogP contribution in [0.1, 0.15) is 12.0 Å². The van der Waals surface area contributed by atoms with Crippen LogP contribution in [0.15, 0.2) is 29.2 Å². The monoisotopic (exact) mass is 295 g/mol. The first kappa shape index (κ1) is 14.7. The van der Waals surface area contributed by atoms with Crippen molar-refractivity contribution in [3.63, 3.8) is 0 Å². The number of methoxy groups -OCH3 is 1. The number of rotatable bonds is 5. The number of hydrogen-bond acceptors (Lipinski definition) is 4. The molecule has 1 saturated heterocycles. The van der Waals surface area contributed by atoms with E-state index in [2.05, 4.69) is 0 Å². The van der Waals surface area contributed by atoms with Crippen molar-refractivity contribution >= 4 is 29.0 Å². The summed E-state index contributed by atoms with van der Waals surface area (Å²) in [5, 5.41) is -0.278. The Bertz CT molecular complexity index is 542. The summed E-state index contributed by atoms with van der Waals surface area (Å²) in [7, 11) is 1.57. The van der Waals surface area contributed by atoms with Crippen LogP contribution in [-0.4, -0.2) is 36.3 Å². The van der Waals surface area contributed by atoms with Gasteiger partial charge in [0.05, 0.1) is 4.91 Å². The molecular weight excluding hydrogens is 281 g/mol. The average Bonchev–Trinajstić information content (AvgIpc) is 2.69. The van der Waals surface area contributed by atoms with Gasteiger partial charge in [0.1, 0.15) is 5.82 Å². The molecule has 0 atom stereocenters. The zero-order valence-corrected chi connectivity index (χ0v) is 11.8. The van der Waals surface area contributed by atoms with E-state index in [0.717, 1.165) is 11.8 Å². The molecule has 1 aromatic rings. The van der Waals surface area contributed by atoms with Crippen molar-refractivity contribution < 1.29 is 18.7 Å². The Balaban J connectivity index is 2.09. The van der Waals surface area contributed by atoms with Crippen LogP contribution in [0.3, 0.4) is 0 Å². The minimum Gasteiger partial charge on any atom is -0.385 e. The molecule has 1 aromatic carbocycles. The van der Waals surface area contributed by atoms with Gasteiger partial charge in [0.25, 0.3) is 11.1 Å². The van der Waals surface area contributed by atoms with Crippen LogP contribution in [0.5, 0.6) is 0 Å². The van der Waals surface area contributed by atoms with Gasteiger partial charge in [-0.2, -0.15) is 0 Å². The van der Waals surface area contributed by atoms with E-state index in [4.69, 9.17) is 4.74 Å². The summed E-state index contributed by atoms with van der Waals surface area (Å²) in [4.78, 5) is 25.4. The lowest BCUT2D eigenvalue weighted by Crippen LogP contribution is -2.29. The van der Waals surface area contributed by atoms with E-state index in [0.29, 0.717) is 30.0 Å². The SMILES string of the molecule is COCCCN1C(=O)S/C(=C/c2ccc(F)cc2)C1=O. The number of thioether (sulfide) groups is 1. The lowest BCUT2D eigenvalue weighted by atomic mass is 10.2. The highest BCUT2D eigenvalue weighted by atomic mass is 32.2. The lowest BCUT2D eigenvalue weighted by Gasteiger charge is -2.11. The van der Waals surface area contributed by atoms with Gasteiger partial charge in [-0.25, -0.2) is 4.39 Å². The second-order valence-corrected chi connectivity index (χ2v) is 5.22. The van der Waals surface area contributed by atoms with Crippen LogP contribution < -0.4 is 0 Å². The van der Waals surface area contributed by atoms with Gasteiger partial charge in [-0.3, -0.25) is 14.5 Å². The molecule has 0 N–H and O–H groups in total. The van der Waals surface area contributed by atoms with Gasteiger partial charge in [-0.1, -0.05) is 12.1 Å². The van der Waals surface area contributed by atoms with Crippen molar-refractivity contribution in [3.8, 4) is 0 Å². The molecule has 0 spiro atoms. The largest absolute Gasteiger partial charge is 0.385 e. The summed E-state index contributed by atoms with van der Waals surface area (Å²) in [6, 6.07) is 5.76. The van der Waals surface area contributed by atoms with E-state index in [1.54, 1.807) is 25.3 Å². The highest BCUT2D eigenvalue weighted by Crippen LogP contribution is 2.32. The van der Waals surface area contributed by atoms with Gasteiger partial charge in [0, 0.05) is 20.3 Å². The maximum Gasteiger partial charge on any atom is 0.293 e. The van der Waals surface area contributed by atoms with Crippen LogP contribution in [0.4, 0.5) is 9.18 Å². The second-order valence-electron chi connectivity index (χ2n) is 4.23. The molecule has 0 bridgehead atoms. The van der Waals surface area contributed by atoms with Crippen LogP contribution in [0.25, 0.3) is 6.08 Å². The second kappa shape index (κ2) is 6.67. The number of nitrogens with zero attached hydrogens (tertiary/aromatic N) is 1. The average molecular weight is 295 g/mol. The van der Waals surface area contributed by atoms with Crippen molar-refractivity contribution in [1.82, 2.24) is 4.90 Å². The van der Waals surface area contributed by atoms with E-state index in [-0.39, 0.29) is 17.0 Å². The third-order valence-corrected chi connectivity index (χ3v) is 3.68. The highest BCUT2D eigenvalue weighted by Gasteiger charge is 2.34. The summed E-state index contributed by atoms with van der Waals surface area (Å²) >= 11 is 0.903. The Morgan fingerprint density at radius 1 is 1.30 bits per heavy atom. The molecule has 0 radical (unpaired) electrons. The number of amides is 2. The summed E-state index contributed by atoms with van der Waals surface area (Å²) in [6.45, 7) is 0.845. The van der Waals surface area contributed by atoms with Crippen molar-refractivity contribution in [2.24, 2.45) is 0 Å². The number of hydrogen-bond donors (Lipinski definition) is 0. The number of carbonyl (C=O) groups is 2. The molecule has 0 aromatic heterocycles. The third-order valence-electron chi connectivity index (χ3n) is 2.77. The molecule has 0 unspecified atom stereocenters. The molecule has 2 amide bonds. The fraction of sp³-hybridized carbons (Fsp3) is 0.286. The number of ether oxygens (including phenoxy) is 1. The Hall–Kier alpha value is -1.66. The molecule has 0 aliphatic carbocycles. The van der Waals surface area contributed by atoms with E-state index in [1.165, 1.54) is 17.0 Å². The molecule has 4 nitrogen and oxygen atoms in total. The molecule has 1 fully saturated rings. The Labute approximate surface area is 120 Å². The molecule has 106 valence electrons. The smallest absolute Gasteiger partial charge is 0.293 e. The molecule has 2 rings (SSSR count). The normalized spacial score (nSPS) is 17.3. The molecule has 1 aliphatic rings. The van der Waals surface area contributed by atoms with Crippen LogP contribution in [0, 0.1) is 5.82 Å². The van der Waals surface area contributed by atoms with E-state index in [1.807, 2.05) is 0 Å². The Kier molecular flexibility index (Phi) is 4.92. The summed E-state index contributed by atoms with van der Waals surface area (Å²) in [6.07, 6.45) is 2.21. The Morgan fingerprint density at radius 3 is 2.65 bits per heavy atom. The third kappa shape index (κ3) is 3.46. The zero-order valence-electron chi connectivity index (χ0n) is 11.0. The fourth-order valence-electron chi connectivity index (χ4n) is 1.77. The maximum absolute atomic E-state index is 12.8. The van der Waals surface area contributed by atoms with Crippen molar-refractivity contribution in [3.05, 3.63) is 40.6 Å². The van der Waals surface area contributed by atoms with Crippen LogP contribution >= 0.6 is 11.8 Å². The predicted octanol–water partition coefficient (Wildman–Crippen LogP) is 2.90. The fourth-order valence-corrected chi connectivity index (χ4v) is 2.64. The van der Waals surface area contributed by atoms with Crippen molar-refractivity contribution in [1.29, 1.82) is 0 Å². The quantitative estimate of drug-likeness (QED) is 0.619. The molecule has 0 saturated carbocycles.